The lowest BCUT2D eigenvalue weighted by Gasteiger charge is -2.32. The van der Waals surface area contributed by atoms with Crippen molar-refractivity contribution in [1.82, 2.24) is 10.4 Å². The number of imide groups is 1. The van der Waals surface area contributed by atoms with Crippen molar-refractivity contribution in [3.05, 3.63) is 118 Å². The summed E-state index contributed by atoms with van der Waals surface area (Å²) in [4.78, 5) is 40.0. The SMILES string of the molecule is O=C(NN1C(=O)[C@@H]2[C@H](C1=O)[C@H](c1ccccc1)C=C[C@@H]2c1ccccc1)c1cccc(Br)c1. The molecule has 0 aromatic heterocycles. The third-order valence-corrected chi connectivity index (χ3v) is 6.86. The van der Waals surface area contributed by atoms with Gasteiger partial charge in [-0.05, 0) is 29.3 Å². The van der Waals surface area contributed by atoms with Gasteiger partial charge in [-0.1, -0.05) is 94.8 Å². The van der Waals surface area contributed by atoms with Crippen LogP contribution in [-0.2, 0) is 9.59 Å². The van der Waals surface area contributed by atoms with E-state index in [0.29, 0.717) is 5.56 Å². The third-order valence-electron chi connectivity index (χ3n) is 6.37. The predicted molar refractivity (Wildman–Crippen MR) is 128 cm³/mol. The molecule has 0 unspecified atom stereocenters. The van der Waals surface area contributed by atoms with Crippen LogP contribution in [0.3, 0.4) is 0 Å². The molecule has 0 radical (unpaired) electrons. The van der Waals surface area contributed by atoms with Gasteiger partial charge in [-0.3, -0.25) is 19.8 Å². The molecule has 6 heteroatoms. The summed E-state index contributed by atoms with van der Waals surface area (Å²) in [6.07, 6.45) is 4.05. The Morgan fingerprint density at radius 3 is 1.73 bits per heavy atom. The van der Waals surface area contributed by atoms with E-state index in [9.17, 15) is 14.4 Å². The zero-order valence-corrected chi connectivity index (χ0v) is 19.2. The summed E-state index contributed by atoms with van der Waals surface area (Å²) in [7, 11) is 0. The lowest BCUT2D eigenvalue weighted by molar-refractivity contribution is -0.142. The Labute approximate surface area is 200 Å². The Morgan fingerprint density at radius 1 is 0.727 bits per heavy atom. The molecule has 2 aliphatic rings. The summed E-state index contributed by atoms with van der Waals surface area (Å²) in [5.74, 6) is -2.96. The molecule has 3 amide bonds. The van der Waals surface area contributed by atoms with Crippen molar-refractivity contribution in [3.8, 4) is 0 Å². The normalized spacial score (nSPS) is 24.0. The van der Waals surface area contributed by atoms with E-state index >= 15 is 0 Å². The van der Waals surface area contributed by atoms with Gasteiger partial charge < -0.3 is 0 Å². The maximum atomic E-state index is 13.6. The topological polar surface area (TPSA) is 66.5 Å². The highest BCUT2D eigenvalue weighted by Gasteiger charge is 2.55. The van der Waals surface area contributed by atoms with E-state index in [1.165, 1.54) is 0 Å². The summed E-state index contributed by atoms with van der Waals surface area (Å²) in [5, 5.41) is 0.928. The predicted octanol–water partition coefficient (Wildman–Crippen LogP) is 4.83. The summed E-state index contributed by atoms with van der Waals surface area (Å²) in [6, 6.07) is 26.2. The average Bonchev–Trinajstić information content (AvgIpc) is 3.10. The van der Waals surface area contributed by atoms with E-state index in [-0.39, 0.29) is 23.7 Å². The quantitative estimate of drug-likeness (QED) is 0.412. The van der Waals surface area contributed by atoms with Gasteiger partial charge in [0.2, 0.25) is 0 Å². The Bertz CT molecular complexity index is 1170. The number of allylic oxidation sites excluding steroid dienone is 2. The van der Waals surface area contributed by atoms with Crippen LogP contribution >= 0.6 is 15.9 Å². The number of nitrogens with one attached hydrogen (secondary N) is 1. The number of fused-ring (bicyclic) bond motifs is 1. The minimum absolute atomic E-state index is 0.250. The zero-order chi connectivity index (χ0) is 22.9. The Balaban J connectivity index is 1.52. The van der Waals surface area contributed by atoms with Crippen LogP contribution in [-0.4, -0.2) is 22.7 Å². The van der Waals surface area contributed by atoms with Gasteiger partial charge in [0, 0.05) is 21.9 Å². The smallest absolute Gasteiger partial charge is 0.270 e. The lowest BCUT2D eigenvalue weighted by Crippen LogP contribution is -2.46. The van der Waals surface area contributed by atoms with Gasteiger partial charge in [0.1, 0.15) is 0 Å². The first-order chi connectivity index (χ1) is 16.0. The summed E-state index contributed by atoms with van der Waals surface area (Å²) in [5.41, 5.74) is 4.87. The van der Waals surface area contributed by atoms with Crippen LogP contribution in [0.15, 0.2) is 102 Å². The molecule has 0 bridgehead atoms. The molecule has 5 nitrogen and oxygen atoms in total. The first-order valence-electron chi connectivity index (χ1n) is 10.8. The molecule has 3 aromatic carbocycles. The van der Waals surface area contributed by atoms with E-state index in [1.54, 1.807) is 24.3 Å². The van der Waals surface area contributed by atoms with Gasteiger partial charge in [-0.2, -0.15) is 5.01 Å². The second kappa shape index (κ2) is 8.79. The monoisotopic (exact) mass is 500 g/mol. The molecule has 0 saturated carbocycles. The number of hydrazine groups is 1. The molecule has 4 atom stereocenters. The minimum Gasteiger partial charge on any atom is -0.272 e. The number of nitrogens with zero attached hydrogens (tertiary/aromatic N) is 1. The number of carbonyl (C=O) groups excluding carboxylic acids is 3. The van der Waals surface area contributed by atoms with Crippen molar-refractivity contribution < 1.29 is 14.4 Å². The summed E-state index contributed by atoms with van der Waals surface area (Å²) >= 11 is 3.35. The fourth-order valence-corrected chi connectivity index (χ4v) is 5.24. The van der Waals surface area contributed by atoms with Crippen LogP contribution in [0.2, 0.25) is 0 Å². The van der Waals surface area contributed by atoms with Crippen molar-refractivity contribution in [2.45, 2.75) is 11.8 Å². The maximum absolute atomic E-state index is 13.6. The summed E-state index contributed by atoms with van der Waals surface area (Å²) in [6.45, 7) is 0. The van der Waals surface area contributed by atoms with Crippen LogP contribution in [0.1, 0.15) is 33.3 Å². The number of hydrogen-bond donors (Lipinski definition) is 1. The number of amides is 3. The van der Waals surface area contributed by atoms with E-state index in [0.717, 1.165) is 20.6 Å². The molecule has 1 fully saturated rings. The number of hydrogen-bond acceptors (Lipinski definition) is 3. The van der Waals surface area contributed by atoms with Crippen molar-refractivity contribution in [3.63, 3.8) is 0 Å². The highest BCUT2D eigenvalue weighted by atomic mass is 79.9. The highest BCUT2D eigenvalue weighted by Crippen LogP contribution is 2.48. The molecule has 1 saturated heterocycles. The molecule has 1 aliphatic carbocycles. The molecule has 33 heavy (non-hydrogen) atoms. The number of carbonyl (C=O) groups is 3. The first kappa shape index (κ1) is 21.3. The minimum atomic E-state index is -0.599. The third kappa shape index (κ3) is 3.91. The first-order valence-corrected chi connectivity index (χ1v) is 11.6. The second-order valence-corrected chi connectivity index (χ2v) is 9.19. The molecule has 1 N–H and O–H groups in total. The molecule has 1 aliphatic heterocycles. The highest BCUT2D eigenvalue weighted by molar-refractivity contribution is 9.10. The van der Waals surface area contributed by atoms with Crippen LogP contribution in [0.25, 0.3) is 0 Å². The van der Waals surface area contributed by atoms with E-state index in [4.69, 9.17) is 0 Å². The fraction of sp³-hybridized carbons (Fsp3) is 0.148. The van der Waals surface area contributed by atoms with Crippen LogP contribution in [0.5, 0.6) is 0 Å². The molecular weight excluding hydrogens is 480 g/mol. The van der Waals surface area contributed by atoms with Gasteiger partial charge >= 0.3 is 0 Å². The molecule has 164 valence electrons. The molecule has 3 aromatic rings. The van der Waals surface area contributed by atoms with E-state index in [2.05, 4.69) is 21.4 Å². The lowest BCUT2D eigenvalue weighted by atomic mass is 9.68. The van der Waals surface area contributed by atoms with Gasteiger partial charge in [-0.25, -0.2) is 0 Å². The molecule has 5 rings (SSSR count). The summed E-state index contributed by atoms with van der Waals surface area (Å²) < 4.78 is 0.736. The molecule has 0 spiro atoms. The molecule has 1 heterocycles. The number of halogens is 1. The van der Waals surface area contributed by atoms with Gasteiger partial charge in [0.15, 0.2) is 0 Å². The number of benzene rings is 3. The van der Waals surface area contributed by atoms with Crippen LogP contribution in [0, 0.1) is 11.8 Å². The van der Waals surface area contributed by atoms with Gasteiger partial charge in [-0.15, -0.1) is 0 Å². The van der Waals surface area contributed by atoms with Crippen molar-refractivity contribution in [2.75, 3.05) is 0 Å². The largest absolute Gasteiger partial charge is 0.272 e. The maximum Gasteiger partial charge on any atom is 0.270 e. The Kier molecular flexibility index (Phi) is 5.68. The standard InChI is InChI=1S/C27H21BrN2O3/c28-20-13-7-12-19(16-20)25(31)29-30-26(32)23-21(17-8-3-1-4-9-17)14-15-22(24(23)27(30)33)18-10-5-2-6-11-18/h1-16,21-24H,(H,29,31)/t21-,22+,23+,24-. The number of rotatable bonds is 4. The fourth-order valence-electron chi connectivity index (χ4n) is 4.84. The second-order valence-electron chi connectivity index (χ2n) is 8.27. The van der Waals surface area contributed by atoms with E-state index < -0.39 is 17.7 Å². The van der Waals surface area contributed by atoms with Gasteiger partial charge in [0.05, 0.1) is 11.8 Å². The van der Waals surface area contributed by atoms with Crippen molar-refractivity contribution in [1.29, 1.82) is 0 Å². The molecular formula is C27H21BrN2O3. The van der Waals surface area contributed by atoms with Crippen molar-refractivity contribution in [2.24, 2.45) is 11.8 Å². The van der Waals surface area contributed by atoms with Gasteiger partial charge in [0.25, 0.3) is 17.7 Å². The zero-order valence-electron chi connectivity index (χ0n) is 17.6. The van der Waals surface area contributed by atoms with Crippen LogP contribution in [0.4, 0.5) is 0 Å². The van der Waals surface area contributed by atoms with Crippen LogP contribution < -0.4 is 5.43 Å². The Hall–Kier alpha value is -3.51. The van der Waals surface area contributed by atoms with E-state index in [1.807, 2.05) is 72.8 Å². The Morgan fingerprint density at radius 2 is 1.24 bits per heavy atom. The average molecular weight is 501 g/mol. The van der Waals surface area contributed by atoms with Crippen molar-refractivity contribution >= 4 is 33.7 Å².